The van der Waals surface area contributed by atoms with Crippen LogP contribution in [0.2, 0.25) is 0 Å². The first-order chi connectivity index (χ1) is 8.24. The molecule has 84 valence electrons. The second kappa shape index (κ2) is 3.85. The fourth-order valence-electron chi connectivity index (χ4n) is 1.68. The zero-order valence-corrected chi connectivity index (χ0v) is 10.4. The molecular formula is C12H9BrN4. The number of hydrogen-bond acceptors (Lipinski definition) is 3. The molecular weight excluding hydrogens is 280 g/mol. The normalized spacial score (nSPS) is 10.9. The molecule has 0 aliphatic heterocycles. The molecule has 0 aliphatic rings. The minimum absolute atomic E-state index is 0.590. The van der Waals surface area contributed by atoms with Gasteiger partial charge < -0.3 is 5.73 Å². The average molecular weight is 289 g/mol. The van der Waals surface area contributed by atoms with Crippen molar-refractivity contribution in [1.29, 1.82) is 0 Å². The third kappa shape index (κ3) is 1.78. The first-order valence-electron chi connectivity index (χ1n) is 5.09. The van der Waals surface area contributed by atoms with Crippen molar-refractivity contribution in [2.45, 2.75) is 0 Å². The standard InChI is InChI=1S/C12H9BrN4/c13-10-3-1-8(2-4-10)9-5-15-12-11(14)6-16-17(12)7-9/h1-7H,14H2. The monoisotopic (exact) mass is 288 g/mol. The predicted molar refractivity (Wildman–Crippen MR) is 70.5 cm³/mol. The third-order valence-electron chi connectivity index (χ3n) is 2.56. The van der Waals surface area contributed by atoms with Gasteiger partial charge in [0.25, 0.3) is 0 Å². The van der Waals surface area contributed by atoms with Crippen LogP contribution in [0.5, 0.6) is 0 Å². The number of nitrogens with two attached hydrogens (primary N) is 1. The van der Waals surface area contributed by atoms with E-state index in [0.717, 1.165) is 15.6 Å². The van der Waals surface area contributed by atoms with Gasteiger partial charge in [-0.25, -0.2) is 9.50 Å². The highest BCUT2D eigenvalue weighted by atomic mass is 79.9. The molecule has 2 aromatic heterocycles. The van der Waals surface area contributed by atoms with Crippen LogP contribution in [0.25, 0.3) is 16.8 Å². The van der Waals surface area contributed by atoms with Crippen molar-refractivity contribution in [2.24, 2.45) is 0 Å². The van der Waals surface area contributed by atoms with E-state index in [1.165, 1.54) is 0 Å². The van der Waals surface area contributed by atoms with Crippen molar-refractivity contribution >= 4 is 27.3 Å². The van der Waals surface area contributed by atoms with E-state index in [-0.39, 0.29) is 0 Å². The Morgan fingerprint density at radius 1 is 1.06 bits per heavy atom. The largest absolute Gasteiger partial charge is 0.394 e. The van der Waals surface area contributed by atoms with Gasteiger partial charge in [-0.15, -0.1) is 0 Å². The fraction of sp³-hybridized carbons (Fsp3) is 0. The maximum atomic E-state index is 5.73. The van der Waals surface area contributed by atoms with E-state index in [4.69, 9.17) is 5.73 Å². The lowest BCUT2D eigenvalue weighted by Gasteiger charge is -2.02. The number of rotatable bonds is 1. The lowest BCUT2D eigenvalue weighted by Crippen LogP contribution is -1.92. The number of nitrogens with zero attached hydrogens (tertiary/aromatic N) is 3. The Bertz CT molecular complexity index is 673. The molecule has 0 bridgehead atoms. The maximum absolute atomic E-state index is 5.73. The summed E-state index contributed by atoms with van der Waals surface area (Å²) in [5, 5.41) is 4.14. The number of anilines is 1. The fourth-order valence-corrected chi connectivity index (χ4v) is 1.95. The van der Waals surface area contributed by atoms with Crippen LogP contribution in [0, 0.1) is 0 Å². The number of aromatic nitrogens is 3. The Morgan fingerprint density at radius 2 is 1.82 bits per heavy atom. The molecule has 0 amide bonds. The summed E-state index contributed by atoms with van der Waals surface area (Å²) in [5.74, 6) is 0. The van der Waals surface area contributed by atoms with E-state index < -0.39 is 0 Å². The van der Waals surface area contributed by atoms with Crippen LogP contribution in [0.1, 0.15) is 0 Å². The molecule has 17 heavy (non-hydrogen) atoms. The van der Waals surface area contributed by atoms with Gasteiger partial charge >= 0.3 is 0 Å². The zero-order chi connectivity index (χ0) is 11.8. The summed E-state index contributed by atoms with van der Waals surface area (Å²) < 4.78 is 2.74. The van der Waals surface area contributed by atoms with Crippen LogP contribution >= 0.6 is 15.9 Å². The minimum Gasteiger partial charge on any atom is -0.394 e. The summed E-state index contributed by atoms with van der Waals surface area (Å²) >= 11 is 3.41. The molecule has 0 saturated heterocycles. The lowest BCUT2D eigenvalue weighted by molar-refractivity contribution is 0.941. The Hall–Kier alpha value is -1.88. The topological polar surface area (TPSA) is 56.2 Å². The molecule has 4 nitrogen and oxygen atoms in total. The van der Waals surface area contributed by atoms with Gasteiger partial charge in [-0.3, -0.25) is 0 Å². The quantitative estimate of drug-likeness (QED) is 0.749. The minimum atomic E-state index is 0.590. The number of hydrogen-bond donors (Lipinski definition) is 1. The molecule has 0 radical (unpaired) electrons. The van der Waals surface area contributed by atoms with E-state index in [2.05, 4.69) is 26.0 Å². The molecule has 0 saturated carbocycles. The van der Waals surface area contributed by atoms with Crippen molar-refractivity contribution in [1.82, 2.24) is 14.6 Å². The zero-order valence-electron chi connectivity index (χ0n) is 8.84. The smallest absolute Gasteiger partial charge is 0.178 e. The summed E-state index contributed by atoms with van der Waals surface area (Å²) in [4.78, 5) is 4.30. The maximum Gasteiger partial charge on any atom is 0.178 e. The summed E-state index contributed by atoms with van der Waals surface area (Å²) in [6, 6.07) is 8.05. The van der Waals surface area contributed by atoms with E-state index >= 15 is 0 Å². The van der Waals surface area contributed by atoms with Gasteiger partial charge in [-0.05, 0) is 17.7 Å². The Kier molecular flexibility index (Phi) is 2.33. The Balaban J connectivity index is 2.14. The van der Waals surface area contributed by atoms with E-state index in [1.807, 2.05) is 30.5 Å². The van der Waals surface area contributed by atoms with Crippen LogP contribution in [-0.2, 0) is 0 Å². The molecule has 0 fully saturated rings. The van der Waals surface area contributed by atoms with Gasteiger partial charge in [0.15, 0.2) is 5.65 Å². The predicted octanol–water partition coefficient (Wildman–Crippen LogP) is 2.74. The SMILES string of the molecule is Nc1cnn2cc(-c3ccc(Br)cc3)cnc12. The van der Waals surface area contributed by atoms with Gasteiger partial charge in [0.05, 0.1) is 11.9 Å². The second-order valence-electron chi connectivity index (χ2n) is 3.72. The summed E-state index contributed by atoms with van der Waals surface area (Å²) in [6.45, 7) is 0. The van der Waals surface area contributed by atoms with Crippen LogP contribution in [0.15, 0.2) is 47.3 Å². The second-order valence-corrected chi connectivity index (χ2v) is 4.63. The van der Waals surface area contributed by atoms with Crippen molar-refractivity contribution in [3.63, 3.8) is 0 Å². The highest BCUT2D eigenvalue weighted by Crippen LogP contribution is 2.22. The lowest BCUT2D eigenvalue weighted by atomic mass is 10.1. The first-order valence-corrected chi connectivity index (χ1v) is 5.88. The van der Waals surface area contributed by atoms with Crippen LogP contribution in [0.3, 0.4) is 0 Å². The van der Waals surface area contributed by atoms with Gasteiger partial charge in [-0.2, -0.15) is 5.10 Å². The molecule has 3 rings (SSSR count). The highest BCUT2D eigenvalue weighted by molar-refractivity contribution is 9.10. The van der Waals surface area contributed by atoms with E-state index in [1.54, 1.807) is 16.9 Å². The summed E-state index contributed by atoms with van der Waals surface area (Å²) in [6.07, 6.45) is 5.33. The summed E-state index contributed by atoms with van der Waals surface area (Å²) in [5.41, 5.74) is 9.11. The van der Waals surface area contributed by atoms with Crippen LogP contribution in [-0.4, -0.2) is 14.6 Å². The number of fused-ring (bicyclic) bond motifs is 1. The average Bonchev–Trinajstić information content (AvgIpc) is 2.72. The van der Waals surface area contributed by atoms with Crippen molar-refractivity contribution in [2.75, 3.05) is 5.73 Å². The first kappa shape index (κ1) is 10.3. The molecule has 1 aromatic carbocycles. The number of nitrogen functional groups attached to an aromatic ring is 1. The van der Waals surface area contributed by atoms with Crippen molar-refractivity contribution in [3.8, 4) is 11.1 Å². The van der Waals surface area contributed by atoms with Gasteiger partial charge in [0.2, 0.25) is 0 Å². The molecule has 0 aliphatic carbocycles. The number of benzene rings is 1. The highest BCUT2D eigenvalue weighted by Gasteiger charge is 2.04. The molecule has 2 heterocycles. The molecule has 2 N–H and O–H groups in total. The third-order valence-corrected chi connectivity index (χ3v) is 3.09. The van der Waals surface area contributed by atoms with E-state index in [9.17, 15) is 0 Å². The number of halogens is 1. The van der Waals surface area contributed by atoms with Crippen LogP contribution < -0.4 is 5.73 Å². The molecule has 5 heteroatoms. The Labute approximate surface area is 106 Å². The molecule has 0 atom stereocenters. The summed E-state index contributed by atoms with van der Waals surface area (Å²) in [7, 11) is 0. The van der Waals surface area contributed by atoms with Gasteiger partial charge in [-0.1, -0.05) is 28.1 Å². The van der Waals surface area contributed by atoms with E-state index in [0.29, 0.717) is 11.3 Å². The van der Waals surface area contributed by atoms with Gasteiger partial charge in [0.1, 0.15) is 0 Å². The van der Waals surface area contributed by atoms with Crippen LogP contribution in [0.4, 0.5) is 5.69 Å². The Morgan fingerprint density at radius 3 is 2.59 bits per heavy atom. The van der Waals surface area contributed by atoms with Crippen molar-refractivity contribution < 1.29 is 0 Å². The van der Waals surface area contributed by atoms with Gasteiger partial charge in [0, 0.05) is 22.4 Å². The molecule has 0 spiro atoms. The molecule has 3 aromatic rings. The van der Waals surface area contributed by atoms with Crippen molar-refractivity contribution in [3.05, 3.63) is 47.3 Å². The molecule has 0 unspecified atom stereocenters.